The lowest BCUT2D eigenvalue weighted by Gasteiger charge is -2.13. The Hall–Kier alpha value is -1.35. The molecule has 0 saturated heterocycles. The van der Waals surface area contributed by atoms with Crippen molar-refractivity contribution < 1.29 is 4.74 Å². The van der Waals surface area contributed by atoms with Crippen molar-refractivity contribution >= 4 is 23.0 Å². The van der Waals surface area contributed by atoms with Gasteiger partial charge >= 0.3 is 0 Å². The molecule has 0 spiro atoms. The molecule has 1 rings (SSSR count). The molecule has 0 aliphatic rings. The highest BCUT2D eigenvalue weighted by molar-refractivity contribution is 6.29. The van der Waals surface area contributed by atoms with Crippen LogP contribution in [0.1, 0.15) is 13.3 Å². The molecule has 0 aliphatic heterocycles. The SMILES string of the molecule is C=C(Cl)CNc1cccc(OCCC)c1N. The maximum atomic E-state index is 5.95. The molecule has 0 heterocycles. The average molecular weight is 241 g/mol. The van der Waals surface area contributed by atoms with Crippen LogP contribution >= 0.6 is 11.6 Å². The van der Waals surface area contributed by atoms with Gasteiger partial charge in [0.15, 0.2) is 0 Å². The normalized spacial score (nSPS) is 9.88. The van der Waals surface area contributed by atoms with Gasteiger partial charge in [-0.3, -0.25) is 0 Å². The Morgan fingerprint density at radius 3 is 2.94 bits per heavy atom. The first-order valence-electron chi connectivity index (χ1n) is 5.23. The van der Waals surface area contributed by atoms with Crippen molar-refractivity contribution in [2.24, 2.45) is 0 Å². The maximum absolute atomic E-state index is 5.95. The number of rotatable bonds is 6. The second-order valence-electron chi connectivity index (χ2n) is 3.44. The molecule has 0 saturated carbocycles. The number of halogens is 1. The summed E-state index contributed by atoms with van der Waals surface area (Å²) in [6.45, 7) is 6.81. The first-order valence-corrected chi connectivity index (χ1v) is 5.61. The molecule has 3 N–H and O–H groups in total. The number of nitrogens with two attached hydrogens (primary N) is 1. The molecule has 0 bridgehead atoms. The average Bonchev–Trinajstić information content (AvgIpc) is 2.26. The summed E-state index contributed by atoms with van der Waals surface area (Å²) in [6.07, 6.45) is 0.954. The van der Waals surface area contributed by atoms with Crippen LogP contribution in [0.5, 0.6) is 5.75 Å². The summed E-state index contributed by atoms with van der Waals surface area (Å²) in [5, 5.41) is 3.63. The topological polar surface area (TPSA) is 47.3 Å². The summed E-state index contributed by atoms with van der Waals surface area (Å²) in [6, 6.07) is 5.63. The molecule has 0 radical (unpaired) electrons. The Morgan fingerprint density at radius 1 is 1.56 bits per heavy atom. The van der Waals surface area contributed by atoms with E-state index in [9.17, 15) is 0 Å². The molecule has 1 aromatic carbocycles. The highest BCUT2D eigenvalue weighted by Gasteiger charge is 2.05. The Bertz CT molecular complexity index is 366. The highest BCUT2D eigenvalue weighted by Crippen LogP contribution is 2.29. The van der Waals surface area contributed by atoms with E-state index < -0.39 is 0 Å². The smallest absolute Gasteiger partial charge is 0.144 e. The Balaban J connectivity index is 2.73. The molecule has 4 heteroatoms. The number of hydrogen-bond donors (Lipinski definition) is 2. The van der Waals surface area contributed by atoms with Crippen molar-refractivity contribution in [2.45, 2.75) is 13.3 Å². The molecule has 0 amide bonds. The van der Waals surface area contributed by atoms with Gasteiger partial charge in [0, 0.05) is 5.03 Å². The first-order chi connectivity index (χ1) is 7.65. The van der Waals surface area contributed by atoms with Crippen LogP contribution in [-0.4, -0.2) is 13.2 Å². The van der Waals surface area contributed by atoms with Crippen molar-refractivity contribution in [3.8, 4) is 5.75 Å². The Kier molecular flexibility index (Phi) is 4.99. The zero-order chi connectivity index (χ0) is 12.0. The maximum Gasteiger partial charge on any atom is 0.144 e. The van der Waals surface area contributed by atoms with Crippen LogP contribution in [-0.2, 0) is 0 Å². The zero-order valence-electron chi connectivity index (χ0n) is 9.42. The van der Waals surface area contributed by atoms with Gasteiger partial charge < -0.3 is 15.8 Å². The number of ether oxygens (including phenoxy) is 1. The molecule has 3 nitrogen and oxygen atoms in total. The quantitative estimate of drug-likeness (QED) is 0.751. The third-order valence-corrected chi connectivity index (χ3v) is 2.13. The predicted octanol–water partition coefficient (Wildman–Crippen LogP) is 3.22. The van der Waals surface area contributed by atoms with Crippen molar-refractivity contribution in [1.29, 1.82) is 0 Å². The van der Waals surface area contributed by atoms with Crippen LogP contribution in [0, 0.1) is 0 Å². The van der Waals surface area contributed by atoms with E-state index in [1.165, 1.54) is 0 Å². The van der Waals surface area contributed by atoms with E-state index in [-0.39, 0.29) is 0 Å². The Labute approximate surface area is 101 Å². The molecule has 1 aromatic rings. The third-order valence-electron chi connectivity index (χ3n) is 2.00. The van der Waals surface area contributed by atoms with Gasteiger partial charge in [-0.05, 0) is 18.6 Å². The summed E-state index contributed by atoms with van der Waals surface area (Å²) in [4.78, 5) is 0. The van der Waals surface area contributed by atoms with Crippen LogP contribution < -0.4 is 15.8 Å². The fraction of sp³-hybridized carbons (Fsp3) is 0.333. The molecule has 0 aliphatic carbocycles. The summed E-state index contributed by atoms with van der Waals surface area (Å²) in [5.41, 5.74) is 7.37. The predicted molar refractivity (Wildman–Crippen MR) is 70.1 cm³/mol. The second-order valence-corrected chi connectivity index (χ2v) is 3.97. The number of para-hydroxylation sites is 1. The van der Waals surface area contributed by atoms with Crippen LogP contribution in [0.25, 0.3) is 0 Å². The Morgan fingerprint density at radius 2 is 2.31 bits per heavy atom. The number of anilines is 2. The number of benzene rings is 1. The van der Waals surface area contributed by atoms with Gasteiger partial charge in [0.2, 0.25) is 0 Å². The lowest BCUT2D eigenvalue weighted by molar-refractivity contribution is 0.319. The molecule has 88 valence electrons. The van der Waals surface area contributed by atoms with Crippen LogP contribution in [0.15, 0.2) is 29.8 Å². The van der Waals surface area contributed by atoms with Crippen LogP contribution in [0.2, 0.25) is 0 Å². The van der Waals surface area contributed by atoms with Crippen molar-refractivity contribution in [3.63, 3.8) is 0 Å². The van der Waals surface area contributed by atoms with E-state index in [1.54, 1.807) is 0 Å². The molecule has 0 atom stereocenters. The van der Waals surface area contributed by atoms with E-state index in [1.807, 2.05) is 18.2 Å². The lowest BCUT2D eigenvalue weighted by Crippen LogP contribution is -2.06. The minimum absolute atomic E-state index is 0.489. The van der Waals surface area contributed by atoms with E-state index in [4.69, 9.17) is 22.1 Å². The number of nitrogen functional groups attached to an aromatic ring is 1. The van der Waals surface area contributed by atoms with Gasteiger partial charge in [-0.25, -0.2) is 0 Å². The second kappa shape index (κ2) is 6.28. The molecule has 0 fully saturated rings. The third kappa shape index (κ3) is 3.66. The minimum atomic E-state index is 0.489. The standard InChI is InChI=1S/C12H17ClN2O/c1-3-7-16-11-6-4-5-10(12(11)14)15-8-9(2)13/h4-6,15H,2-3,7-8,14H2,1H3. The fourth-order valence-electron chi connectivity index (χ4n) is 1.23. The number of nitrogens with one attached hydrogen (secondary N) is 1. The van der Waals surface area contributed by atoms with Crippen molar-refractivity contribution in [2.75, 3.05) is 24.2 Å². The van der Waals surface area contributed by atoms with E-state index in [2.05, 4.69) is 18.8 Å². The van der Waals surface area contributed by atoms with Gasteiger partial charge in [-0.2, -0.15) is 0 Å². The highest BCUT2D eigenvalue weighted by atomic mass is 35.5. The monoisotopic (exact) mass is 240 g/mol. The van der Waals surface area contributed by atoms with Gasteiger partial charge in [0.1, 0.15) is 5.75 Å². The first kappa shape index (κ1) is 12.7. The molecule has 0 unspecified atom stereocenters. The number of hydrogen-bond acceptors (Lipinski definition) is 3. The van der Waals surface area contributed by atoms with Crippen LogP contribution in [0.4, 0.5) is 11.4 Å². The lowest BCUT2D eigenvalue weighted by atomic mass is 10.2. The van der Waals surface area contributed by atoms with E-state index >= 15 is 0 Å². The molecule has 16 heavy (non-hydrogen) atoms. The summed E-state index contributed by atoms with van der Waals surface area (Å²) in [5.74, 6) is 0.701. The van der Waals surface area contributed by atoms with Crippen molar-refractivity contribution in [1.82, 2.24) is 0 Å². The summed E-state index contributed by atoms with van der Waals surface area (Å²) >= 11 is 5.67. The molecular formula is C12H17ClN2O. The fourth-order valence-corrected chi connectivity index (χ4v) is 1.29. The molecular weight excluding hydrogens is 224 g/mol. The van der Waals surface area contributed by atoms with Gasteiger partial charge in [-0.1, -0.05) is 31.2 Å². The summed E-state index contributed by atoms with van der Waals surface area (Å²) < 4.78 is 5.51. The zero-order valence-corrected chi connectivity index (χ0v) is 10.2. The largest absolute Gasteiger partial charge is 0.491 e. The molecule has 0 aromatic heterocycles. The van der Waals surface area contributed by atoms with E-state index in [0.717, 1.165) is 12.1 Å². The van der Waals surface area contributed by atoms with E-state index in [0.29, 0.717) is 29.6 Å². The van der Waals surface area contributed by atoms with Gasteiger partial charge in [0.25, 0.3) is 0 Å². The summed E-state index contributed by atoms with van der Waals surface area (Å²) in [7, 11) is 0. The van der Waals surface area contributed by atoms with Crippen LogP contribution in [0.3, 0.4) is 0 Å². The van der Waals surface area contributed by atoms with Gasteiger partial charge in [0.05, 0.1) is 24.5 Å². The minimum Gasteiger partial charge on any atom is -0.491 e. The van der Waals surface area contributed by atoms with Crippen molar-refractivity contribution in [3.05, 3.63) is 29.8 Å². The van der Waals surface area contributed by atoms with Gasteiger partial charge in [-0.15, -0.1) is 0 Å².